The van der Waals surface area contributed by atoms with Crippen LogP contribution in [-0.2, 0) is 29.1 Å². The number of aliphatic hydroxyl groups is 3. The minimum atomic E-state index is -1.19. The maximum absolute atomic E-state index is 15.3. The molecule has 3 aromatic carbocycles. The van der Waals surface area contributed by atoms with E-state index in [4.69, 9.17) is 25.8 Å². The standard InChI is InChI=1S/C49H59ClFNO7/c1-45-18-15-34(53)25-47(45)21-22-49(38(26-47)41(55)24-37-39(50)11-8-12-40(37)51)43(45)16-19-46(2)44(49)17-20-48(46,56)31-52(27-33-13-14-36(57-3)23-42(33)58-4)28-35(54)30-59-29-32-9-6-5-7-10-32/h5-14,21-23,26,34-35,43-44,53-54,56H,15-20,24-25,27-31H2,1-4H3/t34?,35-,43-,44-,45-,46+,47+,48-,49-/m1/s1. The fourth-order valence-corrected chi connectivity index (χ4v) is 12.9. The first-order valence-corrected chi connectivity index (χ1v) is 21.6. The molecule has 2 bridgehead atoms. The Kier molecular flexibility index (Phi) is 11.5. The van der Waals surface area contributed by atoms with Crippen LogP contribution in [0.1, 0.15) is 75.5 Å². The van der Waals surface area contributed by atoms with E-state index < -0.39 is 39.9 Å². The van der Waals surface area contributed by atoms with Gasteiger partial charge < -0.3 is 29.5 Å². The largest absolute Gasteiger partial charge is 0.497 e. The number of aliphatic hydroxyl groups excluding tert-OH is 2. The van der Waals surface area contributed by atoms with Crippen molar-refractivity contribution in [2.75, 3.05) is 33.9 Å². The summed E-state index contributed by atoms with van der Waals surface area (Å²) in [7, 11) is 3.24. The van der Waals surface area contributed by atoms with Gasteiger partial charge in [-0.25, -0.2) is 4.39 Å². The summed E-state index contributed by atoms with van der Waals surface area (Å²) < 4.78 is 32.5. The molecule has 0 aromatic heterocycles. The summed E-state index contributed by atoms with van der Waals surface area (Å²) in [6.45, 7) is 5.97. The Morgan fingerprint density at radius 2 is 1.69 bits per heavy atom. The molecule has 10 heteroatoms. The number of benzene rings is 3. The van der Waals surface area contributed by atoms with Gasteiger partial charge in [-0.15, -0.1) is 0 Å². The number of carbonyl (C=O) groups excluding carboxylic acids is 1. The van der Waals surface area contributed by atoms with Gasteiger partial charge in [-0.3, -0.25) is 9.69 Å². The van der Waals surface area contributed by atoms with Crippen LogP contribution in [0.25, 0.3) is 0 Å². The van der Waals surface area contributed by atoms with Crippen molar-refractivity contribution in [2.45, 2.75) is 96.2 Å². The van der Waals surface area contributed by atoms with Crippen LogP contribution in [0, 0.1) is 39.3 Å². The van der Waals surface area contributed by atoms with Crippen molar-refractivity contribution in [2.24, 2.45) is 33.5 Å². The molecular formula is C49H59ClFNO7. The van der Waals surface area contributed by atoms with E-state index >= 15 is 4.39 Å². The average molecular weight is 828 g/mol. The number of methoxy groups -OCH3 is 2. The molecule has 0 saturated heterocycles. The molecule has 3 fully saturated rings. The van der Waals surface area contributed by atoms with Gasteiger partial charge in [-0.2, -0.15) is 0 Å². The zero-order chi connectivity index (χ0) is 41.8. The van der Waals surface area contributed by atoms with Gasteiger partial charge in [0.1, 0.15) is 17.3 Å². The van der Waals surface area contributed by atoms with Gasteiger partial charge in [0.2, 0.25) is 0 Å². The average Bonchev–Trinajstić information content (AvgIpc) is 3.49. The first-order valence-electron chi connectivity index (χ1n) is 21.2. The molecule has 0 heterocycles. The normalized spacial score (nSPS) is 33.5. The smallest absolute Gasteiger partial charge is 0.164 e. The second-order valence-electron chi connectivity index (χ2n) is 18.6. The monoisotopic (exact) mass is 827 g/mol. The highest BCUT2D eigenvalue weighted by Crippen LogP contribution is 2.78. The number of carbonyl (C=O) groups is 1. The molecule has 59 heavy (non-hydrogen) atoms. The van der Waals surface area contributed by atoms with Crippen molar-refractivity contribution >= 4 is 17.4 Å². The van der Waals surface area contributed by atoms with Gasteiger partial charge >= 0.3 is 0 Å². The molecule has 6 aliphatic rings. The number of hydrogen-bond donors (Lipinski definition) is 3. The quantitative estimate of drug-likeness (QED) is 0.132. The summed E-state index contributed by atoms with van der Waals surface area (Å²) in [5, 5.41) is 36.1. The highest BCUT2D eigenvalue weighted by atomic mass is 35.5. The molecule has 2 spiro atoms. The SMILES string of the molecule is COc1ccc(CN(C[C@@H](O)COCc2ccccc2)C[C@]2(O)CC[C@H]3[C@]45C=C[C@@]6(C=C4C(=O)Cc4c(F)cccc4Cl)CC(O)CC[C@]6(C)[C@H]5CC[C@@]32C)c(OC)c1. The highest BCUT2D eigenvalue weighted by molar-refractivity contribution is 6.31. The lowest BCUT2D eigenvalue weighted by molar-refractivity contribution is -0.180. The predicted molar refractivity (Wildman–Crippen MR) is 226 cm³/mol. The topological polar surface area (TPSA) is 109 Å². The Morgan fingerprint density at radius 1 is 0.949 bits per heavy atom. The van der Waals surface area contributed by atoms with Crippen LogP contribution in [0.4, 0.5) is 4.39 Å². The summed E-state index contributed by atoms with van der Waals surface area (Å²) in [5.74, 6) is 0.660. The summed E-state index contributed by atoms with van der Waals surface area (Å²) in [6.07, 6.45) is 10.0. The van der Waals surface area contributed by atoms with Crippen molar-refractivity contribution in [1.82, 2.24) is 4.90 Å². The highest BCUT2D eigenvalue weighted by Gasteiger charge is 2.74. The lowest BCUT2D eigenvalue weighted by Gasteiger charge is -2.71. The van der Waals surface area contributed by atoms with E-state index in [0.29, 0.717) is 55.9 Å². The summed E-state index contributed by atoms with van der Waals surface area (Å²) in [4.78, 5) is 17.0. The fraction of sp³-hybridized carbons (Fsp3) is 0.531. The van der Waals surface area contributed by atoms with Crippen LogP contribution in [-0.4, -0.2) is 77.7 Å². The van der Waals surface area contributed by atoms with E-state index in [-0.39, 0.29) is 59.7 Å². The summed E-state index contributed by atoms with van der Waals surface area (Å²) in [6, 6.07) is 20.1. The van der Waals surface area contributed by atoms with E-state index in [0.717, 1.165) is 30.4 Å². The van der Waals surface area contributed by atoms with E-state index in [1.165, 1.54) is 6.07 Å². The zero-order valence-electron chi connectivity index (χ0n) is 34.8. The molecule has 6 aliphatic carbocycles. The Bertz CT molecular complexity index is 2090. The van der Waals surface area contributed by atoms with Crippen LogP contribution in [0.5, 0.6) is 11.5 Å². The van der Waals surface area contributed by atoms with Crippen LogP contribution in [0.3, 0.4) is 0 Å². The molecule has 316 valence electrons. The lowest BCUT2D eigenvalue weighted by atomic mass is 9.32. The third kappa shape index (κ3) is 7.07. The van der Waals surface area contributed by atoms with Gasteiger partial charge in [0.15, 0.2) is 5.78 Å². The van der Waals surface area contributed by atoms with E-state index in [9.17, 15) is 20.1 Å². The second-order valence-corrected chi connectivity index (χ2v) is 19.0. The zero-order valence-corrected chi connectivity index (χ0v) is 35.5. The van der Waals surface area contributed by atoms with Crippen molar-refractivity contribution in [3.63, 3.8) is 0 Å². The number of Topliss-reactive ketones (excluding diaryl/α,β-unsaturated/α-hetero) is 1. The van der Waals surface area contributed by atoms with Gasteiger partial charge in [0, 0.05) is 70.1 Å². The molecule has 0 radical (unpaired) electrons. The second kappa shape index (κ2) is 16.0. The minimum absolute atomic E-state index is 0.0937. The number of nitrogens with zero attached hydrogens (tertiary/aromatic N) is 1. The van der Waals surface area contributed by atoms with Gasteiger partial charge in [0.25, 0.3) is 0 Å². The van der Waals surface area contributed by atoms with Gasteiger partial charge in [-0.05, 0) is 86.0 Å². The molecule has 0 amide bonds. The number of fused-ring (bicyclic) bond motifs is 1. The molecule has 3 aromatic rings. The molecule has 9 rings (SSSR count). The maximum atomic E-state index is 15.3. The van der Waals surface area contributed by atoms with Crippen LogP contribution in [0.2, 0.25) is 5.02 Å². The third-order valence-electron chi connectivity index (χ3n) is 15.7. The third-order valence-corrected chi connectivity index (χ3v) is 16.0. The Hall–Kier alpha value is -3.57. The van der Waals surface area contributed by atoms with E-state index in [2.05, 4.69) is 37.0 Å². The van der Waals surface area contributed by atoms with Crippen LogP contribution >= 0.6 is 11.6 Å². The predicted octanol–water partition coefficient (Wildman–Crippen LogP) is 8.28. The molecule has 9 atom stereocenters. The first kappa shape index (κ1) is 42.1. The van der Waals surface area contributed by atoms with Gasteiger partial charge in [-0.1, -0.05) is 86.1 Å². The molecule has 3 saturated carbocycles. The van der Waals surface area contributed by atoms with Crippen molar-refractivity contribution < 1.29 is 38.7 Å². The molecule has 0 aliphatic heterocycles. The van der Waals surface area contributed by atoms with Crippen molar-refractivity contribution in [3.8, 4) is 11.5 Å². The summed E-state index contributed by atoms with van der Waals surface area (Å²) >= 11 is 6.52. The Labute approximate surface area is 353 Å². The Morgan fingerprint density at radius 3 is 2.44 bits per heavy atom. The minimum Gasteiger partial charge on any atom is -0.497 e. The number of allylic oxidation sites excluding steroid dienone is 4. The van der Waals surface area contributed by atoms with E-state index in [1.807, 2.05) is 48.5 Å². The molecule has 1 unspecified atom stereocenters. The lowest BCUT2D eigenvalue weighted by Crippen LogP contribution is -2.67. The van der Waals surface area contributed by atoms with Crippen LogP contribution < -0.4 is 9.47 Å². The number of ketones is 1. The maximum Gasteiger partial charge on any atom is 0.164 e. The number of halogens is 2. The molecular weight excluding hydrogens is 769 g/mol. The molecule has 3 N–H and O–H groups in total. The summed E-state index contributed by atoms with van der Waals surface area (Å²) in [5.41, 5.74) is -0.421. The van der Waals surface area contributed by atoms with Crippen molar-refractivity contribution in [1.29, 1.82) is 0 Å². The van der Waals surface area contributed by atoms with E-state index in [1.54, 1.807) is 26.4 Å². The number of rotatable bonds is 15. The molecule has 8 nitrogen and oxygen atoms in total. The number of hydrogen-bond acceptors (Lipinski definition) is 8. The Balaban J connectivity index is 1.13. The van der Waals surface area contributed by atoms with Crippen LogP contribution in [0.15, 0.2) is 90.5 Å². The fourth-order valence-electron chi connectivity index (χ4n) is 12.6. The van der Waals surface area contributed by atoms with Crippen molar-refractivity contribution in [3.05, 3.63) is 118 Å². The number of ether oxygens (including phenoxy) is 3. The van der Waals surface area contributed by atoms with Gasteiger partial charge in [0.05, 0.1) is 45.2 Å². The first-order chi connectivity index (χ1) is 28.2.